The van der Waals surface area contributed by atoms with Crippen LogP contribution in [0.1, 0.15) is 22.8 Å². The summed E-state index contributed by atoms with van der Waals surface area (Å²) in [4.78, 5) is 12.2. The van der Waals surface area contributed by atoms with Crippen molar-refractivity contribution in [1.82, 2.24) is 5.32 Å². The minimum atomic E-state index is -0.197. The SMILES string of the molecule is C=C(C)COc1cccc(C(=O)NCc2ccc(Cl)cc2Cl)c1. The zero-order valence-electron chi connectivity index (χ0n) is 12.7. The third kappa shape index (κ3) is 5.31. The van der Waals surface area contributed by atoms with Gasteiger partial charge in [-0.25, -0.2) is 0 Å². The quantitative estimate of drug-likeness (QED) is 0.754. The summed E-state index contributed by atoms with van der Waals surface area (Å²) in [5, 5.41) is 3.91. The van der Waals surface area contributed by atoms with Crippen molar-refractivity contribution in [2.24, 2.45) is 0 Å². The Morgan fingerprint density at radius 1 is 1.22 bits per heavy atom. The van der Waals surface area contributed by atoms with Gasteiger partial charge in [-0.05, 0) is 48.4 Å². The predicted molar refractivity (Wildman–Crippen MR) is 94.4 cm³/mol. The maximum Gasteiger partial charge on any atom is 0.251 e. The molecule has 0 bridgehead atoms. The van der Waals surface area contributed by atoms with E-state index in [2.05, 4.69) is 11.9 Å². The summed E-state index contributed by atoms with van der Waals surface area (Å²) in [6.07, 6.45) is 0. The van der Waals surface area contributed by atoms with E-state index < -0.39 is 0 Å². The summed E-state index contributed by atoms with van der Waals surface area (Å²) in [6, 6.07) is 12.2. The zero-order valence-corrected chi connectivity index (χ0v) is 14.2. The summed E-state index contributed by atoms with van der Waals surface area (Å²) in [7, 11) is 0. The molecule has 1 amide bonds. The van der Waals surface area contributed by atoms with Gasteiger partial charge < -0.3 is 10.1 Å². The summed E-state index contributed by atoms with van der Waals surface area (Å²) < 4.78 is 5.54. The summed E-state index contributed by atoms with van der Waals surface area (Å²) in [5.74, 6) is 0.432. The average Bonchev–Trinajstić information content (AvgIpc) is 2.52. The Hall–Kier alpha value is -1.97. The van der Waals surface area contributed by atoms with Gasteiger partial charge in [0, 0.05) is 22.2 Å². The number of benzene rings is 2. The highest BCUT2D eigenvalue weighted by molar-refractivity contribution is 6.35. The van der Waals surface area contributed by atoms with Crippen molar-refractivity contribution < 1.29 is 9.53 Å². The summed E-state index contributed by atoms with van der Waals surface area (Å²) in [5.41, 5.74) is 2.24. The molecule has 3 nitrogen and oxygen atoms in total. The van der Waals surface area contributed by atoms with E-state index in [1.165, 1.54) is 0 Å². The van der Waals surface area contributed by atoms with Crippen LogP contribution in [0.5, 0.6) is 5.75 Å². The number of hydrogen-bond donors (Lipinski definition) is 1. The maximum absolute atomic E-state index is 12.2. The topological polar surface area (TPSA) is 38.3 Å². The number of hydrogen-bond acceptors (Lipinski definition) is 2. The molecule has 1 N–H and O–H groups in total. The number of rotatable bonds is 6. The monoisotopic (exact) mass is 349 g/mol. The number of amides is 1. The van der Waals surface area contributed by atoms with Gasteiger partial charge in [0.2, 0.25) is 0 Å². The minimum Gasteiger partial charge on any atom is -0.489 e. The molecule has 120 valence electrons. The molecule has 0 aliphatic heterocycles. The minimum absolute atomic E-state index is 0.197. The van der Waals surface area contributed by atoms with Gasteiger partial charge in [-0.1, -0.05) is 41.9 Å². The van der Waals surface area contributed by atoms with Crippen LogP contribution in [-0.4, -0.2) is 12.5 Å². The molecule has 5 heteroatoms. The lowest BCUT2D eigenvalue weighted by molar-refractivity contribution is 0.0950. The highest BCUT2D eigenvalue weighted by atomic mass is 35.5. The van der Waals surface area contributed by atoms with Crippen LogP contribution in [0.25, 0.3) is 0 Å². The molecule has 2 aromatic carbocycles. The van der Waals surface area contributed by atoms with Crippen molar-refractivity contribution >= 4 is 29.1 Å². The second-order valence-electron chi connectivity index (χ2n) is 5.19. The molecule has 0 heterocycles. The molecule has 0 unspecified atom stereocenters. The number of nitrogens with one attached hydrogen (secondary N) is 1. The predicted octanol–water partition coefficient (Wildman–Crippen LogP) is 4.88. The van der Waals surface area contributed by atoms with Crippen LogP contribution in [0.4, 0.5) is 0 Å². The molecule has 0 spiro atoms. The molecular weight excluding hydrogens is 333 g/mol. The van der Waals surface area contributed by atoms with Crippen molar-refractivity contribution in [1.29, 1.82) is 0 Å². The Balaban J connectivity index is 2.00. The Labute approximate surface area is 145 Å². The van der Waals surface area contributed by atoms with E-state index in [9.17, 15) is 4.79 Å². The summed E-state index contributed by atoms with van der Waals surface area (Å²) in [6.45, 7) is 6.41. The molecule has 0 aliphatic rings. The molecule has 0 atom stereocenters. The van der Waals surface area contributed by atoms with Gasteiger partial charge in [0.25, 0.3) is 5.91 Å². The lowest BCUT2D eigenvalue weighted by atomic mass is 10.2. The van der Waals surface area contributed by atoms with Crippen LogP contribution < -0.4 is 10.1 Å². The second kappa shape index (κ2) is 8.04. The first-order valence-electron chi connectivity index (χ1n) is 7.05. The second-order valence-corrected chi connectivity index (χ2v) is 6.04. The number of halogens is 2. The van der Waals surface area contributed by atoms with Crippen LogP contribution >= 0.6 is 23.2 Å². The molecule has 2 aromatic rings. The largest absolute Gasteiger partial charge is 0.489 e. The third-order valence-electron chi connectivity index (χ3n) is 3.04. The fourth-order valence-electron chi connectivity index (χ4n) is 1.88. The fourth-order valence-corrected chi connectivity index (χ4v) is 2.35. The van der Waals surface area contributed by atoms with Crippen LogP contribution in [0, 0.1) is 0 Å². The van der Waals surface area contributed by atoms with Crippen molar-refractivity contribution in [2.45, 2.75) is 13.5 Å². The van der Waals surface area contributed by atoms with Gasteiger partial charge in [0.1, 0.15) is 12.4 Å². The molecule has 0 aromatic heterocycles. The number of carbonyl (C=O) groups excluding carboxylic acids is 1. The van der Waals surface area contributed by atoms with Crippen molar-refractivity contribution in [3.8, 4) is 5.75 Å². The van der Waals surface area contributed by atoms with Gasteiger partial charge in [-0.3, -0.25) is 4.79 Å². The summed E-state index contributed by atoms with van der Waals surface area (Å²) >= 11 is 11.9. The normalized spacial score (nSPS) is 10.2. The Kier molecular flexibility index (Phi) is 6.08. The standard InChI is InChI=1S/C18H17Cl2NO2/c1-12(2)11-23-16-5-3-4-13(8-16)18(22)21-10-14-6-7-15(19)9-17(14)20/h3-9H,1,10-11H2,2H3,(H,21,22). The Morgan fingerprint density at radius 2 is 2.00 bits per heavy atom. The van der Waals surface area contributed by atoms with Gasteiger partial charge in [0.15, 0.2) is 0 Å². The highest BCUT2D eigenvalue weighted by Crippen LogP contribution is 2.21. The molecule has 0 saturated carbocycles. The van der Waals surface area contributed by atoms with E-state index in [1.807, 2.05) is 6.92 Å². The van der Waals surface area contributed by atoms with E-state index in [1.54, 1.807) is 42.5 Å². The third-order valence-corrected chi connectivity index (χ3v) is 3.62. The van der Waals surface area contributed by atoms with Crippen LogP contribution in [0.2, 0.25) is 10.0 Å². The van der Waals surface area contributed by atoms with Gasteiger partial charge >= 0.3 is 0 Å². The average molecular weight is 350 g/mol. The molecule has 2 rings (SSSR count). The molecule has 0 fully saturated rings. The van der Waals surface area contributed by atoms with Gasteiger partial charge in [-0.2, -0.15) is 0 Å². The van der Waals surface area contributed by atoms with E-state index in [0.717, 1.165) is 11.1 Å². The Bertz CT molecular complexity index is 729. The number of ether oxygens (including phenoxy) is 1. The Morgan fingerprint density at radius 3 is 2.70 bits per heavy atom. The number of carbonyl (C=O) groups is 1. The van der Waals surface area contributed by atoms with E-state index in [-0.39, 0.29) is 5.91 Å². The first-order valence-corrected chi connectivity index (χ1v) is 7.80. The first kappa shape index (κ1) is 17.4. The molecular formula is C18H17Cl2NO2. The van der Waals surface area contributed by atoms with E-state index in [4.69, 9.17) is 27.9 Å². The lowest BCUT2D eigenvalue weighted by Crippen LogP contribution is -2.23. The molecule has 0 saturated heterocycles. The maximum atomic E-state index is 12.2. The van der Waals surface area contributed by atoms with E-state index >= 15 is 0 Å². The van der Waals surface area contributed by atoms with Crippen molar-refractivity contribution in [3.05, 3.63) is 75.8 Å². The molecule has 0 aliphatic carbocycles. The molecule has 0 radical (unpaired) electrons. The van der Waals surface area contributed by atoms with Crippen LogP contribution in [0.15, 0.2) is 54.6 Å². The highest BCUT2D eigenvalue weighted by Gasteiger charge is 2.08. The van der Waals surface area contributed by atoms with Crippen molar-refractivity contribution in [3.63, 3.8) is 0 Å². The molecule has 23 heavy (non-hydrogen) atoms. The van der Waals surface area contributed by atoms with E-state index in [0.29, 0.717) is 34.5 Å². The lowest BCUT2D eigenvalue weighted by Gasteiger charge is -2.09. The van der Waals surface area contributed by atoms with Gasteiger partial charge in [-0.15, -0.1) is 0 Å². The van der Waals surface area contributed by atoms with Crippen LogP contribution in [-0.2, 0) is 6.54 Å². The fraction of sp³-hybridized carbons (Fsp3) is 0.167. The smallest absolute Gasteiger partial charge is 0.251 e. The van der Waals surface area contributed by atoms with Crippen molar-refractivity contribution in [2.75, 3.05) is 6.61 Å². The van der Waals surface area contributed by atoms with Gasteiger partial charge in [0.05, 0.1) is 0 Å². The first-order chi connectivity index (χ1) is 11.0. The zero-order chi connectivity index (χ0) is 16.8. The van der Waals surface area contributed by atoms with Crippen LogP contribution in [0.3, 0.4) is 0 Å².